The van der Waals surface area contributed by atoms with Crippen molar-refractivity contribution >= 4 is 16.0 Å². The monoisotopic (exact) mass is 354 g/mol. The van der Waals surface area contributed by atoms with Crippen molar-refractivity contribution in [2.75, 3.05) is 13.1 Å². The largest absolute Gasteiger partial charge is 0.478 e. The normalized spacial score (nSPS) is 27.3. The van der Waals surface area contributed by atoms with Crippen molar-refractivity contribution in [1.82, 2.24) is 4.90 Å². The Labute approximate surface area is 131 Å². The highest BCUT2D eigenvalue weighted by Gasteiger charge is 2.63. The number of hydrogen-bond donors (Lipinski definition) is 2. The third-order valence-corrected chi connectivity index (χ3v) is 5.30. The summed E-state index contributed by atoms with van der Waals surface area (Å²) in [4.78, 5) is 11.0. The Kier molecular flexibility index (Phi) is 4.62. The summed E-state index contributed by atoms with van der Waals surface area (Å²) in [6, 6.07) is 0. The lowest BCUT2D eigenvalue weighted by Crippen LogP contribution is -2.63. The SMILES string of the molecule is NS(=O)(=O)C1=CC(C(=O)O)=CCC1(N1CCCCC1)C(F)(F)F. The smallest absolute Gasteiger partial charge is 0.412 e. The molecule has 1 aliphatic heterocycles. The summed E-state index contributed by atoms with van der Waals surface area (Å²) in [7, 11) is -4.74. The minimum atomic E-state index is -4.91. The van der Waals surface area contributed by atoms with Gasteiger partial charge in [0, 0.05) is 0 Å². The summed E-state index contributed by atoms with van der Waals surface area (Å²) >= 11 is 0. The second kappa shape index (κ2) is 5.91. The molecule has 2 aliphatic rings. The van der Waals surface area contributed by atoms with Crippen LogP contribution in [0.4, 0.5) is 13.2 Å². The molecule has 1 saturated heterocycles. The maximum Gasteiger partial charge on any atom is 0.412 e. The van der Waals surface area contributed by atoms with Crippen LogP contribution in [-0.4, -0.2) is 49.2 Å². The zero-order chi connectivity index (χ0) is 17.5. The molecule has 130 valence electrons. The van der Waals surface area contributed by atoms with Gasteiger partial charge in [-0.3, -0.25) is 4.90 Å². The summed E-state index contributed by atoms with van der Waals surface area (Å²) in [5, 5.41) is 14.0. The molecule has 10 heteroatoms. The van der Waals surface area contributed by atoms with Crippen LogP contribution in [0.25, 0.3) is 0 Å². The minimum Gasteiger partial charge on any atom is -0.478 e. The van der Waals surface area contributed by atoms with E-state index in [1.54, 1.807) is 0 Å². The van der Waals surface area contributed by atoms with Gasteiger partial charge in [-0.05, 0) is 38.4 Å². The summed E-state index contributed by atoms with van der Waals surface area (Å²) in [5.41, 5.74) is -3.31. The van der Waals surface area contributed by atoms with Crippen LogP contribution in [0, 0.1) is 0 Å². The van der Waals surface area contributed by atoms with Crippen LogP contribution in [0.2, 0.25) is 0 Å². The number of likely N-dealkylation sites (tertiary alicyclic amines) is 1. The van der Waals surface area contributed by atoms with Gasteiger partial charge in [0.05, 0.1) is 10.5 Å². The van der Waals surface area contributed by atoms with Crippen molar-refractivity contribution in [2.24, 2.45) is 5.14 Å². The number of alkyl halides is 3. The average molecular weight is 354 g/mol. The maximum atomic E-state index is 13.9. The standard InChI is InChI=1S/C13H17F3N2O4S/c14-13(15,16)12(18-6-2-1-3-7-18)5-4-9(11(19)20)8-10(12)23(17,21)22/h4,8H,1-3,5-7H2,(H,19,20)(H2,17,21,22). The van der Waals surface area contributed by atoms with Crippen molar-refractivity contribution in [1.29, 1.82) is 0 Å². The highest BCUT2D eigenvalue weighted by Crippen LogP contribution is 2.48. The summed E-state index contributed by atoms with van der Waals surface area (Å²) in [6.07, 6.45) is -2.50. The zero-order valence-electron chi connectivity index (χ0n) is 12.1. The van der Waals surface area contributed by atoms with Crippen LogP contribution in [0.1, 0.15) is 25.7 Å². The first-order chi connectivity index (χ1) is 10.5. The van der Waals surface area contributed by atoms with Crippen molar-refractivity contribution in [3.63, 3.8) is 0 Å². The number of carbonyl (C=O) groups is 1. The average Bonchev–Trinajstić information content (AvgIpc) is 2.45. The van der Waals surface area contributed by atoms with Gasteiger partial charge >= 0.3 is 12.1 Å². The third-order valence-electron chi connectivity index (χ3n) is 4.23. The topological polar surface area (TPSA) is 101 Å². The van der Waals surface area contributed by atoms with E-state index in [-0.39, 0.29) is 13.1 Å². The number of nitrogens with zero attached hydrogens (tertiary/aromatic N) is 1. The molecule has 0 amide bonds. The molecule has 1 aliphatic carbocycles. The number of halogens is 3. The molecular formula is C13H17F3N2O4S. The van der Waals surface area contributed by atoms with Gasteiger partial charge in [0.15, 0.2) is 5.54 Å². The molecule has 1 heterocycles. The van der Waals surface area contributed by atoms with Crippen molar-refractivity contribution < 1.29 is 31.5 Å². The van der Waals surface area contributed by atoms with Gasteiger partial charge in [0.25, 0.3) is 0 Å². The molecule has 6 nitrogen and oxygen atoms in total. The Morgan fingerprint density at radius 3 is 2.26 bits per heavy atom. The molecule has 0 saturated carbocycles. The molecule has 1 unspecified atom stereocenters. The second-order valence-electron chi connectivity index (χ2n) is 5.63. The number of aliphatic carboxylic acids is 1. The number of carboxylic acids is 1. The molecule has 0 spiro atoms. The highest BCUT2D eigenvalue weighted by atomic mass is 32.2. The van der Waals surface area contributed by atoms with E-state index in [1.807, 2.05) is 0 Å². The molecular weight excluding hydrogens is 337 g/mol. The Morgan fingerprint density at radius 2 is 1.83 bits per heavy atom. The van der Waals surface area contributed by atoms with E-state index in [9.17, 15) is 26.4 Å². The van der Waals surface area contributed by atoms with Gasteiger partial charge in [-0.15, -0.1) is 0 Å². The van der Waals surface area contributed by atoms with E-state index in [0.717, 1.165) is 17.4 Å². The number of nitrogens with two attached hydrogens (primary N) is 1. The van der Waals surface area contributed by atoms with Gasteiger partial charge in [-0.2, -0.15) is 13.2 Å². The highest BCUT2D eigenvalue weighted by molar-refractivity contribution is 7.93. The Bertz CT molecular complexity index is 663. The molecule has 1 atom stereocenters. The Morgan fingerprint density at radius 1 is 1.26 bits per heavy atom. The van der Waals surface area contributed by atoms with E-state index in [1.165, 1.54) is 0 Å². The molecule has 1 fully saturated rings. The lowest BCUT2D eigenvalue weighted by molar-refractivity contribution is -0.218. The summed E-state index contributed by atoms with van der Waals surface area (Å²) in [5.74, 6) is -1.50. The van der Waals surface area contributed by atoms with Crippen LogP contribution >= 0.6 is 0 Å². The fraction of sp³-hybridized carbons (Fsp3) is 0.615. The van der Waals surface area contributed by atoms with E-state index in [2.05, 4.69) is 0 Å². The van der Waals surface area contributed by atoms with Gasteiger partial charge in [-0.25, -0.2) is 18.4 Å². The predicted molar refractivity (Wildman–Crippen MR) is 75.7 cm³/mol. The number of carboxylic acid groups (broad SMARTS) is 1. The number of hydrogen-bond acceptors (Lipinski definition) is 4. The Hall–Kier alpha value is -1.39. The van der Waals surface area contributed by atoms with Crippen LogP contribution in [-0.2, 0) is 14.8 Å². The van der Waals surface area contributed by atoms with Crippen LogP contribution in [0.15, 0.2) is 22.6 Å². The molecule has 2 rings (SSSR count). The number of piperidine rings is 1. The van der Waals surface area contributed by atoms with E-state index in [4.69, 9.17) is 10.2 Å². The fourth-order valence-electron chi connectivity index (χ4n) is 3.14. The lowest BCUT2D eigenvalue weighted by atomic mass is 9.84. The first-order valence-electron chi connectivity index (χ1n) is 7.00. The summed E-state index contributed by atoms with van der Waals surface area (Å²) in [6.45, 7) is 0.144. The Balaban J connectivity index is 2.66. The molecule has 3 N–H and O–H groups in total. The third kappa shape index (κ3) is 3.15. The molecule has 0 aromatic carbocycles. The van der Waals surface area contributed by atoms with Crippen molar-refractivity contribution in [2.45, 2.75) is 37.4 Å². The van der Waals surface area contributed by atoms with Gasteiger partial charge in [0.1, 0.15) is 0 Å². The van der Waals surface area contributed by atoms with E-state index < -0.39 is 44.6 Å². The van der Waals surface area contributed by atoms with Gasteiger partial charge < -0.3 is 5.11 Å². The first kappa shape index (κ1) is 18.0. The van der Waals surface area contributed by atoms with Crippen molar-refractivity contribution in [3.05, 3.63) is 22.6 Å². The quantitative estimate of drug-likeness (QED) is 0.797. The predicted octanol–water partition coefficient (Wildman–Crippen LogP) is 1.36. The van der Waals surface area contributed by atoms with Crippen molar-refractivity contribution in [3.8, 4) is 0 Å². The van der Waals surface area contributed by atoms with Gasteiger partial charge in [-0.1, -0.05) is 12.5 Å². The second-order valence-corrected chi connectivity index (χ2v) is 7.16. The molecule has 0 bridgehead atoms. The van der Waals surface area contributed by atoms with Crippen LogP contribution in [0.5, 0.6) is 0 Å². The fourth-order valence-corrected chi connectivity index (χ4v) is 4.23. The molecule has 0 radical (unpaired) electrons. The lowest BCUT2D eigenvalue weighted by Gasteiger charge is -2.47. The molecule has 23 heavy (non-hydrogen) atoms. The van der Waals surface area contributed by atoms with E-state index in [0.29, 0.717) is 18.9 Å². The van der Waals surface area contributed by atoms with Crippen LogP contribution < -0.4 is 5.14 Å². The first-order valence-corrected chi connectivity index (χ1v) is 8.55. The van der Waals surface area contributed by atoms with Crippen LogP contribution in [0.3, 0.4) is 0 Å². The van der Waals surface area contributed by atoms with E-state index >= 15 is 0 Å². The molecule has 0 aromatic rings. The summed E-state index contributed by atoms with van der Waals surface area (Å²) < 4.78 is 65.4. The minimum absolute atomic E-state index is 0.0720. The molecule has 0 aromatic heterocycles. The maximum absolute atomic E-state index is 13.9. The number of primary sulfonamides is 1. The van der Waals surface area contributed by atoms with Gasteiger partial charge in [0.2, 0.25) is 10.0 Å². The number of rotatable bonds is 3. The zero-order valence-corrected chi connectivity index (χ0v) is 13.0. The number of sulfonamides is 1.